The summed E-state index contributed by atoms with van der Waals surface area (Å²) in [4.78, 5) is 23.9. The number of carbonyl (C=O) groups is 2. The molecule has 0 aromatic rings. The molecular formula is C11H19F3N2O4. The summed E-state index contributed by atoms with van der Waals surface area (Å²) in [7, 11) is 0. The van der Waals surface area contributed by atoms with Crippen LogP contribution in [0.1, 0.15) is 13.8 Å². The van der Waals surface area contributed by atoms with E-state index in [9.17, 15) is 22.8 Å². The summed E-state index contributed by atoms with van der Waals surface area (Å²) in [5, 5.41) is 8.59. The molecule has 1 N–H and O–H groups in total. The fraction of sp³-hybridized carbons (Fsp3) is 0.818. The second-order valence-corrected chi connectivity index (χ2v) is 3.92. The van der Waals surface area contributed by atoms with Gasteiger partial charge in [0.1, 0.15) is 13.1 Å². The van der Waals surface area contributed by atoms with Gasteiger partial charge in [0.2, 0.25) is 0 Å². The van der Waals surface area contributed by atoms with E-state index < -0.39 is 31.3 Å². The summed E-state index contributed by atoms with van der Waals surface area (Å²) < 4.78 is 42.1. The van der Waals surface area contributed by atoms with Crippen LogP contribution in [-0.4, -0.2) is 72.5 Å². The molecule has 20 heavy (non-hydrogen) atoms. The standard InChI is InChI=1S/C11H19F3N2O4/c1-3-15(5-6-20-4-2)10(19)16(7-9(17)18)8-11(12,13)14/h3-8H2,1-2H3,(H,17,18). The Balaban J connectivity index is 4.75. The highest BCUT2D eigenvalue weighted by Gasteiger charge is 2.35. The molecule has 0 atom stereocenters. The first kappa shape index (κ1) is 18.5. The lowest BCUT2D eigenvalue weighted by Crippen LogP contribution is -2.49. The van der Waals surface area contributed by atoms with Gasteiger partial charge >= 0.3 is 18.2 Å². The third kappa shape index (κ3) is 7.82. The van der Waals surface area contributed by atoms with Crippen LogP contribution in [0.4, 0.5) is 18.0 Å². The van der Waals surface area contributed by atoms with Crippen molar-refractivity contribution in [2.24, 2.45) is 0 Å². The molecule has 0 aliphatic carbocycles. The molecule has 0 fully saturated rings. The summed E-state index contributed by atoms with van der Waals surface area (Å²) in [6.45, 7) is 1.63. The van der Waals surface area contributed by atoms with Crippen LogP contribution in [0.3, 0.4) is 0 Å². The van der Waals surface area contributed by atoms with Crippen molar-refractivity contribution in [3.63, 3.8) is 0 Å². The third-order valence-electron chi connectivity index (χ3n) is 2.33. The lowest BCUT2D eigenvalue weighted by molar-refractivity contribution is -0.149. The quantitative estimate of drug-likeness (QED) is 0.688. The van der Waals surface area contributed by atoms with Crippen LogP contribution in [0.2, 0.25) is 0 Å². The number of urea groups is 1. The minimum atomic E-state index is -4.65. The maximum absolute atomic E-state index is 12.4. The van der Waals surface area contributed by atoms with E-state index in [0.717, 1.165) is 4.90 Å². The summed E-state index contributed by atoms with van der Waals surface area (Å²) >= 11 is 0. The maximum Gasteiger partial charge on any atom is 0.406 e. The van der Waals surface area contributed by atoms with Crippen LogP contribution in [0.25, 0.3) is 0 Å². The zero-order valence-electron chi connectivity index (χ0n) is 11.4. The molecular weight excluding hydrogens is 281 g/mol. The van der Waals surface area contributed by atoms with Crippen molar-refractivity contribution in [2.75, 3.05) is 39.4 Å². The molecule has 0 radical (unpaired) electrons. The molecule has 9 heteroatoms. The van der Waals surface area contributed by atoms with Crippen LogP contribution in [-0.2, 0) is 9.53 Å². The van der Waals surface area contributed by atoms with Gasteiger partial charge in [0, 0.05) is 19.7 Å². The van der Waals surface area contributed by atoms with E-state index in [1.54, 1.807) is 13.8 Å². The lowest BCUT2D eigenvalue weighted by Gasteiger charge is -2.29. The summed E-state index contributed by atoms with van der Waals surface area (Å²) in [6.07, 6.45) is -4.65. The molecule has 0 heterocycles. The molecule has 0 bridgehead atoms. The molecule has 0 aliphatic heterocycles. The molecule has 0 aliphatic rings. The highest BCUT2D eigenvalue weighted by atomic mass is 19.4. The second kappa shape index (κ2) is 8.62. The van der Waals surface area contributed by atoms with Gasteiger partial charge in [-0.15, -0.1) is 0 Å². The topological polar surface area (TPSA) is 70.1 Å². The number of ether oxygens (including phenoxy) is 1. The number of rotatable bonds is 8. The molecule has 0 spiro atoms. The Morgan fingerprint density at radius 2 is 1.80 bits per heavy atom. The number of carboxylic acid groups (broad SMARTS) is 1. The van der Waals surface area contributed by atoms with Crippen molar-refractivity contribution in [1.82, 2.24) is 9.80 Å². The largest absolute Gasteiger partial charge is 0.480 e. The first-order valence-corrected chi connectivity index (χ1v) is 6.11. The minimum absolute atomic E-state index is 0.108. The average Bonchev–Trinajstić information content (AvgIpc) is 2.31. The van der Waals surface area contributed by atoms with Crippen molar-refractivity contribution in [1.29, 1.82) is 0 Å². The Morgan fingerprint density at radius 3 is 2.20 bits per heavy atom. The number of hydrogen-bond donors (Lipinski definition) is 1. The number of aliphatic carboxylic acids is 1. The normalized spacial score (nSPS) is 11.2. The van der Waals surface area contributed by atoms with Gasteiger partial charge in [-0.3, -0.25) is 4.79 Å². The van der Waals surface area contributed by atoms with Gasteiger partial charge in [0.05, 0.1) is 6.61 Å². The van der Waals surface area contributed by atoms with E-state index in [4.69, 9.17) is 9.84 Å². The fourth-order valence-electron chi connectivity index (χ4n) is 1.48. The first-order chi connectivity index (χ1) is 9.21. The predicted octanol–water partition coefficient (Wildman–Crippen LogP) is 1.41. The number of hydrogen-bond acceptors (Lipinski definition) is 3. The van der Waals surface area contributed by atoms with E-state index in [1.807, 2.05) is 0 Å². The van der Waals surface area contributed by atoms with E-state index in [1.165, 1.54) is 0 Å². The number of halogens is 3. The van der Waals surface area contributed by atoms with E-state index >= 15 is 0 Å². The van der Waals surface area contributed by atoms with E-state index in [0.29, 0.717) is 6.61 Å². The number of carboxylic acids is 1. The monoisotopic (exact) mass is 300 g/mol. The molecule has 118 valence electrons. The SMILES string of the molecule is CCOCCN(CC)C(=O)N(CC(=O)O)CC(F)(F)F. The summed E-state index contributed by atoms with van der Waals surface area (Å²) in [5.74, 6) is -1.50. The number of amides is 2. The molecule has 0 rings (SSSR count). The Kier molecular flexibility index (Phi) is 7.97. The van der Waals surface area contributed by atoms with Gasteiger partial charge in [-0.1, -0.05) is 0 Å². The van der Waals surface area contributed by atoms with Crippen LogP contribution < -0.4 is 0 Å². The van der Waals surface area contributed by atoms with Crippen molar-refractivity contribution in [3.8, 4) is 0 Å². The second-order valence-electron chi connectivity index (χ2n) is 3.92. The average molecular weight is 300 g/mol. The number of nitrogens with zero attached hydrogens (tertiary/aromatic N) is 2. The van der Waals surface area contributed by atoms with Gasteiger partial charge < -0.3 is 19.6 Å². The summed E-state index contributed by atoms with van der Waals surface area (Å²) in [5.41, 5.74) is 0. The van der Waals surface area contributed by atoms with E-state index in [-0.39, 0.29) is 24.6 Å². The van der Waals surface area contributed by atoms with Crippen molar-refractivity contribution in [3.05, 3.63) is 0 Å². The van der Waals surface area contributed by atoms with Gasteiger partial charge in [0.15, 0.2) is 0 Å². The third-order valence-corrected chi connectivity index (χ3v) is 2.33. The van der Waals surface area contributed by atoms with Crippen molar-refractivity contribution < 1.29 is 32.6 Å². The lowest BCUT2D eigenvalue weighted by atomic mass is 10.4. The number of carbonyl (C=O) groups excluding carboxylic acids is 1. The minimum Gasteiger partial charge on any atom is -0.480 e. The Labute approximate surface area is 115 Å². The number of likely N-dealkylation sites (N-methyl/N-ethyl adjacent to an activating group) is 1. The van der Waals surface area contributed by atoms with Crippen LogP contribution >= 0.6 is 0 Å². The van der Waals surface area contributed by atoms with Gasteiger partial charge in [-0.25, -0.2) is 4.79 Å². The molecule has 0 saturated heterocycles. The molecule has 2 amide bonds. The molecule has 0 aromatic heterocycles. The molecule has 0 aromatic carbocycles. The molecule has 0 unspecified atom stereocenters. The number of alkyl halides is 3. The van der Waals surface area contributed by atoms with Gasteiger partial charge in [-0.2, -0.15) is 13.2 Å². The smallest absolute Gasteiger partial charge is 0.406 e. The van der Waals surface area contributed by atoms with Crippen LogP contribution in [0.15, 0.2) is 0 Å². The van der Waals surface area contributed by atoms with Crippen molar-refractivity contribution in [2.45, 2.75) is 20.0 Å². The zero-order valence-corrected chi connectivity index (χ0v) is 11.4. The predicted molar refractivity (Wildman–Crippen MR) is 64.4 cm³/mol. The molecule has 6 nitrogen and oxygen atoms in total. The molecule has 0 saturated carbocycles. The van der Waals surface area contributed by atoms with Crippen LogP contribution in [0, 0.1) is 0 Å². The van der Waals surface area contributed by atoms with Gasteiger partial charge in [-0.05, 0) is 13.8 Å². The zero-order chi connectivity index (χ0) is 15.8. The van der Waals surface area contributed by atoms with Crippen molar-refractivity contribution >= 4 is 12.0 Å². The Hall–Kier alpha value is -1.51. The Bertz CT molecular complexity index is 323. The maximum atomic E-state index is 12.4. The fourth-order valence-corrected chi connectivity index (χ4v) is 1.48. The van der Waals surface area contributed by atoms with Crippen LogP contribution in [0.5, 0.6) is 0 Å². The highest BCUT2D eigenvalue weighted by Crippen LogP contribution is 2.17. The van der Waals surface area contributed by atoms with E-state index in [2.05, 4.69) is 0 Å². The van der Waals surface area contributed by atoms with Gasteiger partial charge in [0.25, 0.3) is 0 Å². The first-order valence-electron chi connectivity index (χ1n) is 6.11. The highest BCUT2D eigenvalue weighted by molar-refractivity contribution is 5.80. The summed E-state index contributed by atoms with van der Waals surface area (Å²) in [6, 6.07) is -0.966. The Morgan fingerprint density at radius 1 is 1.20 bits per heavy atom.